The van der Waals surface area contributed by atoms with Gasteiger partial charge in [-0.2, -0.15) is 5.10 Å². The molecule has 0 spiro atoms. The number of nitrogens with zero attached hydrogens (tertiary/aromatic N) is 2. The average Bonchev–Trinajstić information content (AvgIpc) is 2.47. The van der Waals surface area contributed by atoms with Crippen LogP contribution in [-0.2, 0) is 17.8 Å². The molecule has 1 N–H and O–H groups in total. The molecule has 0 aromatic carbocycles. The van der Waals surface area contributed by atoms with Gasteiger partial charge >= 0.3 is 0 Å². The number of H-pyrrole nitrogens is 1. The average molecular weight is 177 g/mol. The standard InChI is InChI=1S/C8H12BN3O/c1-5(13)12-3-2-7-6(4-12)8(9)11-10-7/h2-4,9H2,1H3,(H,10,11). The molecule has 0 bridgehead atoms. The molecule has 13 heavy (non-hydrogen) atoms. The molecule has 0 atom stereocenters. The highest BCUT2D eigenvalue weighted by molar-refractivity contribution is 6.31. The van der Waals surface area contributed by atoms with Crippen LogP contribution in [0.25, 0.3) is 0 Å². The first-order chi connectivity index (χ1) is 6.18. The van der Waals surface area contributed by atoms with E-state index >= 15 is 0 Å². The van der Waals surface area contributed by atoms with E-state index < -0.39 is 0 Å². The van der Waals surface area contributed by atoms with Gasteiger partial charge in [0.15, 0.2) is 7.85 Å². The third-order valence-corrected chi connectivity index (χ3v) is 2.59. The fourth-order valence-corrected chi connectivity index (χ4v) is 1.71. The third-order valence-electron chi connectivity index (χ3n) is 2.59. The van der Waals surface area contributed by atoms with Gasteiger partial charge in [-0.25, -0.2) is 0 Å². The lowest BCUT2D eigenvalue weighted by Crippen LogP contribution is -2.35. The Hall–Kier alpha value is -1.26. The Morgan fingerprint density at radius 3 is 3.15 bits per heavy atom. The molecule has 2 heterocycles. The monoisotopic (exact) mass is 177 g/mol. The lowest BCUT2D eigenvalue weighted by molar-refractivity contribution is -0.129. The van der Waals surface area contributed by atoms with Crippen molar-refractivity contribution in [3.8, 4) is 0 Å². The first-order valence-corrected chi connectivity index (χ1v) is 4.46. The first-order valence-electron chi connectivity index (χ1n) is 4.46. The maximum atomic E-state index is 11.1. The minimum absolute atomic E-state index is 0.145. The Labute approximate surface area is 77.7 Å². The van der Waals surface area contributed by atoms with Gasteiger partial charge in [0.05, 0.1) is 0 Å². The normalized spacial score (nSPS) is 15.6. The highest BCUT2D eigenvalue weighted by atomic mass is 16.2. The maximum absolute atomic E-state index is 11.1. The minimum atomic E-state index is 0.145. The summed E-state index contributed by atoms with van der Waals surface area (Å²) in [6, 6.07) is 0. The molecule has 0 fully saturated rings. The molecule has 0 radical (unpaired) electrons. The Morgan fingerprint density at radius 1 is 1.69 bits per heavy atom. The van der Waals surface area contributed by atoms with Gasteiger partial charge in [-0.15, -0.1) is 0 Å². The molecule has 0 saturated carbocycles. The van der Waals surface area contributed by atoms with Gasteiger partial charge in [0.1, 0.15) is 0 Å². The van der Waals surface area contributed by atoms with E-state index in [1.54, 1.807) is 6.92 Å². The number of carbonyl (C=O) groups is 1. The van der Waals surface area contributed by atoms with E-state index in [0.717, 1.165) is 18.6 Å². The van der Waals surface area contributed by atoms with Crippen molar-refractivity contribution in [3.05, 3.63) is 11.3 Å². The number of rotatable bonds is 0. The molecule has 1 aliphatic heterocycles. The Balaban J connectivity index is 2.27. The summed E-state index contributed by atoms with van der Waals surface area (Å²) in [4.78, 5) is 13.0. The summed E-state index contributed by atoms with van der Waals surface area (Å²) in [5, 5.41) is 7.13. The smallest absolute Gasteiger partial charge is 0.219 e. The summed E-state index contributed by atoms with van der Waals surface area (Å²) < 4.78 is 0. The van der Waals surface area contributed by atoms with Gasteiger partial charge in [-0.05, 0) is 0 Å². The van der Waals surface area contributed by atoms with Crippen molar-refractivity contribution in [1.82, 2.24) is 15.1 Å². The number of hydrogen-bond acceptors (Lipinski definition) is 2. The zero-order chi connectivity index (χ0) is 9.42. The van der Waals surface area contributed by atoms with Crippen LogP contribution in [0.4, 0.5) is 0 Å². The van der Waals surface area contributed by atoms with Crippen LogP contribution in [0.1, 0.15) is 18.2 Å². The van der Waals surface area contributed by atoms with Gasteiger partial charge in [-0.3, -0.25) is 9.89 Å². The van der Waals surface area contributed by atoms with E-state index in [1.165, 1.54) is 11.3 Å². The predicted octanol–water partition coefficient (Wildman–Crippen LogP) is -1.43. The third kappa shape index (κ3) is 1.34. The van der Waals surface area contributed by atoms with Crippen molar-refractivity contribution >= 4 is 19.3 Å². The second-order valence-electron chi connectivity index (χ2n) is 3.46. The van der Waals surface area contributed by atoms with Crippen LogP contribution >= 0.6 is 0 Å². The number of fused-ring (bicyclic) bond motifs is 1. The van der Waals surface area contributed by atoms with Crippen LogP contribution in [0.2, 0.25) is 0 Å². The van der Waals surface area contributed by atoms with Gasteiger partial charge in [0, 0.05) is 43.3 Å². The second kappa shape index (κ2) is 2.90. The van der Waals surface area contributed by atoms with Crippen molar-refractivity contribution in [2.75, 3.05) is 6.54 Å². The Kier molecular flexibility index (Phi) is 1.86. The molecule has 2 rings (SSSR count). The molecular formula is C8H12BN3O. The fourth-order valence-electron chi connectivity index (χ4n) is 1.71. The molecule has 68 valence electrons. The summed E-state index contributed by atoms with van der Waals surface area (Å²) >= 11 is 0. The second-order valence-corrected chi connectivity index (χ2v) is 3.46. The predicted molar refractivity (Wildman–Crippen MR) is 51.6 cm³/mol. The Bertz CT molecular complexity index is 347. The highest BCUT2D eigenvalue weighted by Crippen LogP contribution is 2.13. The fraction of sp³-hybridized carbons (Fsp3) is 0.500. The maximum Gasteiger partial charge on any atom is 0.219 e. The van der Waals surface area contributed by atoms with E-state index in [2.05, 4.69) is 10.2 Å². The van der Waals surface area contributed by atoms with Crippen LogP contribution in [0.5, 0.6) is 0 Å². The molecule has 5 heteroatoms. The van der Waals surface area contributed by atoms with Gasteiger partial charge in [0.25, 0.3) is 0 Å². The molecule has 1 aromatic rings. The van der Waals surface area contributed by atoms with Crippen LogP contribution in [0, 0.1) is 0 Å². The zero-order valence-corrected chi connectivity index (χ0v) is 7.92. The quantitative estimate of drug-likeness (QED) is 0.494. The van der Waals surface area contributed by atoms with Crippen molar-refractivity contribution in [2.24, 2.45) is 0 Å². The number of aromatic amines is 1. The van der Waals surface area contributed by atoms with Crippen LogP contribution in [-0.4, -0.2) is 35.4 Å². The van der Waals surface area contributed by atoms with Gasteiger partial charge in [-0.1, -0.05) is 0 Å². The molecule has 0 saturated heterocycles. The molecule has 0 aliphatic carbocycles. The zero-order valence-electron chi connectivity index (χ0n) is 7.92. The molecule has 1 aliphatic rings. The van der Waals surface area contributed by atoms with E-state index in [4.69, 9.17) is 0 Å². The summed E-state index contributed by atoms with van der Waals surface area (Å²) in [5.41, 5.74) is 3.40. The summed E-state index contributed by atoms with van der Waals surface area (Å²) in [6.07, 6.45) is 0.899. The topological polar surface area (TPSA) is 49.0 Å². The molecule has 0 unspecified atom stereocenters. The number of carbonyl (C=O) groups excluding carboxylic acids is 1. The van der Waals surface area contributed by atoms with Crippen LogP contribution in [0.15, 0.2) is 0 Å². The van der Waals surface area contributed by atoms with Gasteiger partial charge < -0.3 is 4.90 Å². The van der Waals surface area contributed by atoms with Crippen molar-refractivity contribution in [3.63, 3.8) is 0 Å². The molecule has 1 amide bonds. The minimum Gasteiger partial charge on any atom is -0.338 e. The molecule has 1 aromatic heterocycles. The highest BCUT2D eigenvalue weighted by Gasteiger charge is 2.20. The summed E-state index contributed by atoms with van der Waals surface area (Å²) in [7, 11) is 1.97. The Morgan fingerprint density at radius 2 is 2.46 bits per heavy atom. The molecular weight excluding hydrogens is 165 g/mol. The van der Waals surface area contributed by atoms with E-state index in [0.29, 0.717) is 6.54 Å². The SMILES string of the molecule is Bc1n[nH]c2c1CN(C(C)=O)CC2. The van der Waals surface area contributed by atoms with Crippen molar-refractivity contribution in [2.45, 2.75) is 19.9 Å². The number of hydrogen-bond donors (Lipinski definition) is 1. The van der Waals surface area contributed by atoms with E-state index in [9.17, 15) is 4.79 Å². The number of nitrogens with one attached hydrogen (secondary N) is 1. The van der Waals surface area contributed by atoms with E-state index in [-0.39, 0.29) is 5.91 Å². The van der Waals surface area contributed by atoms with Crippen LogP contribution < -0.4 is 5.59 Å². The van der Waals surface area contributed by atoms with Crippen LogP contribution in [0.3, 0.4) is 0 Å². The molecule has 4 nitrogen and oxygen atoms in total. The first kappa shape index (κ1) is 8.35. The van der Waals surface area contributed by atoms with E-state index in [1.807, 2.05) is 12.7 Å². The van der Waals surface area contributed by atoms with Gasteiger partial charge in [0.2, 0.25) is 5.91 Å². The van der Waals surface area contributed by atoms with Crippen molar-refractivity contribution in [1.29, 1.82) is 0 Å². The lowest BCUT2D eigenvalue weighted by Gasteiger charge is -2.25. The van der Waals surface area contributed by atoms with Crippen molar-refractivity contribution < 1.29 is 4.79 Å². The summed E-state index contributed by atoms with van der Waals surface area (Å²) in [5.74, 6) is 0.145. The summed E-state index contributed by atoms with van der Waals surface area (Å²) in [6.45, 7) is 3.14. The number of aromatic nitrogens is 2. The lowest BCUT2D eigenvalue weighted by atomic mass is 9.95. The number of amides is 1. The largest absolute Gasteiger partial charge is 0.338 e.